The largest absolute Gasteiger partial charge is 0.465 e. The van der Waals surface area contributed by atoms with Crippen LogP contribution in [0.2, 0.25) is 0 Å². The molecule has 0 spiro atoms. The highest BCUT2D eigenvalue weighted by molar-refractivity contribution is 5.90. The van der Waals surface area contributed by atoms with Crippen LogP contribution in [-0.4, -0.2) is 28.5 Å². The molecule has 1 aliphatic rings. The molecule has 2 aromatic rings. The zero-order valence-corrected chi connectivity index (χ0v) is 10.9. The molecule has 100 valence electrons. The highest BCUT2D eigenvalue weighted by atomic mass is 16.5. The average molecular weight is 259 g/mol. The lowest BCUT2D eigenvalue weighted by Crippen LogP contribution is -2.34. The summed E-state index contributed by atoms with van der Waals surface area (Å²) in [6.07, 6.45) is 7.68. The number of pyridine rings is 1. The molecule has 2 aromatic heterocycles. The summed E-state index contributed by atoms with van der Waals surface area (Å²) in [4.78, 5) is 16.0. The number of aromatic nitrogens is 2. The maximum absolute atomic E-state index is 11.5. The van der Waals surface area contributed by atoms with Gasteiger partial charge in [0.2, 0.25) is 0 Å². The topological polar surface area (TPSA) is 55.6 Å². The molecule has 1 fully saturated rings. The number of hydrogen-bond acceptors (Lipinski definition) is 4. The number of imidazole rings is 1. The van der Waals surface area contributed by atoms with E-state index in [1.807, 2.05) is 16.8 Å². The van der Waals surface area contributed by atoms with E-state index in [4.69, 9.17) is 4.74 Å². The monoisotopic (exact) mass is 259 g/mol. The third-order valence-corrected chi connectivity index (χ3v) is 3.61. The number of esters is 1. The molecule has 0 aliphatic heterocycles. The Balaban J connectivity index is 1.77. The van der Waals surface area contributed by atoms with Crippen molar-refractivity contribution in [3.8, 4) is 0 Å². The Labute approximate surface area is 111 Å². The molecule has 0 aromatic carbocycles. The second-order valence-electron chi connectivity index (χ2n) is 4.91. The molecule has 1 aliphatic carbocycles. The van der Waals surface area contributed by atoms with Crippen LogP contribution in [-0.2, 0) is 11.3 Å². The SMILES string of the molecule is COC(=O)c1ccn2cc(CNC3CCC3)nc2c1. The van der Waals surface area contributed by atoms with Crippen LogP contribution in [0.5, 0.6) is 0 Å². The van der Waals surface area contributed by atoms with Gasteiger partial charge in [-0.05, 0) is 25.0 Å². The molecule has 2 heterocycles. The van der Waals surface area contributed by atoms with E-state index >= 15 is 0 Å². The van der Waals surface area contributed by atoms with Crippen LogP contribution in [0.15, 0.2) is 24.5 Å². The molecule has 0 bridgehead atoms. The van der Waals surface area contributed by atoms with E-state index in [0.29, 0.717) is 11.6 Å². The van der Waals surface area contributed by atoms with E-state index in [1.54, 1.807) is 12.1 Å². The number of carbonyl (C=O) groups is 1. The van der Waals surface area contributed by atoms with Crippen molar-refractivity contribution in [3.05, 3.63) is 35.8 Å². The molecule has 0 atom stereocenters. The van der Waals surface area contributed by atoms with Crippen molar-refractivity contribution in [2.75, 3.05) is 7.11 Å². The molecular weight excluding hydrogens is 242 g/mol. The molecule has 0 amide bonds. The van der Waals surface area contributed by atoms with Gasteiger partial charge in [-0.3, -0.25) is 0 Å². The Morgan fingerprint density at radius 2 is 2.42 bits per heavy atom. The summed E-state index contributed by atoms with van der Waals surface area (Å²) in [5.41, 5.74) is 2.29. The minimum absolute atomic E-state index is 0.334. The fourth-order valence-corrected chi connectivity index (χ4v) is 2.23. The van der Waals surface area contributed by atoms with Crippen LogP contribution >= 0.6 is 0 Å². The first-order valence-corrected chi connectivity index (χ1v) is 6.55. The van der Waals surface area contributed by atoms with E-state index < -0.39 is 0 Å². The Kier molecular flexibility index (Phi) is 3.21. The van der Waals surface area contributed by atoms with Gasteiger partial charge in [-0.15, -0.1) is 0 Å². The van der Waals surface area contributed by atoms with Gasteiger partial charge in [-0.2, -0.15) is 0 Å². The van der Waals surface area contributed by atoms with Gasteiger partial charge in [0.05, 0.1) is 18.4 Å². The second kappa shape index (κ2) is 5.01. The van der Waals surface area contributed by atoms with Crippen LogP contribution < -0.4 is 5.32 Å². The molecule has 5 heteroatoms. The van der Waals surface area contributed by atoms with Gasteiger partial charge >= 0.3 is 5.97 Å². The number of rotatable bonds is 4. The smallest absolute Gasteiger partial charge is 0.338 e. The summed E-state index contributed by atoms with van der Waals surface area (Å²) in [7, 11) is 1.38. The summed E-state index contributed by atoms with van der Waals surface area (Å²) >= 11 is 0. The quantitative estimate of drug-likeness (QED) is 0.850. The van der Waals surface area contributed by atoms with Crippen molar-refractivity contribution in [2.24, 2.45) is 0 Å². The first-order valence-electron chi connectivity index (χ1n) is 6.55. The summed E-state index contributed by atoms with van der Waals surface area (Å²) in [6.45, 7) is 0.778. The lowest BCUT2D eigenvalue weighted by atomic mass is 9.93. The summed E-state index contributed by atoms with van der Waals surface area (Å²) < 4.78 is 6.63. The summed E-state index contributed by atoms with van der Waals surface area (Å²) in [6, 6.07) is 4.14. The fourth-order valence-electron chi connectivity index (χ4n) is 2.23. The van der Waals surface area contributed by atoms with E-state index in [9.17, 15) is 4.79 Å². The Bertz CT molecular complexity index is 602. The Hall–Kier alpha value is -1.88. The third kappa shape index (κ3) is 2.46. The van der Waals surface area contributed by atoms with Crippen LogP contribution in [0.1, 0.15) is 35.3 Å². The van der Waals surface area contributed by atoms with Crippen molar-refractivity contribution < 1.29 is 9.53 Å². The predicted molar refractivity (Wildman–Crippen MR) is 71.0 cm³/mol. The zero-order chi connectivity index (χ0) is 13.2. The fraction of sp³-hybridized carbons (Fsp3) is 0.429. The average Bonchev–Trinajstić information content (AvgIpc) is 2.77. The van der Waals surface area contributed by atoms with Crippen LogP contribution in [0, 0.1) is 0 Å². The van der Waals surface area contributed by atoms with Crippen LogP contribution in [0.3, 0.4) is 0 Å². The number of carbonyl (C=O) groups excluding carboxylic acids is 1. The second-order valence-corrected chi connectivity index (χ2v) is 4.91. The highest BCUT2D eigenvalue weighted by Crippen LogP contribution is 2.18. The van der Waals surface area contributed by atoms with Crippen LogP contribution in [0.4, 0.5) is 0 Å². The molecule has 0 unspecified atom stereocenters. The molecule has 0 radical (unpaired) electrons. The number of methoxy groups -OCH3 is 1. The summed E-state index contributed by atoms with van der Waals surface area (Å²) in [5.74, 6) is -0.334. The van der Waals surface area contributed by atoms with Crippen molar-refractivity contribution in [1.82, 2.24) is 14.7 Å². The van der Waals surface area contributed by atoms with E-state index in [1.165, 1.54) is 26.4 Å². The number of nitrogens with one attached hydrogen (secondary N) is 1. The van der Waals surface area contributed by atoms with Gasteiger partial charge in [-0.1, -0.05) is 6.42 Å². The first-order chi connectivity index (χ1) is 9.26. The number of nitrogens with zero attached hydrogens (tertiary/aromatic N) is 2. The molecule has 5 nitrogen and oxygen atoms in total. The van der Waals surface area contributed by atoms with Crippen molar-refractivity contribution in [3.63, 3.8) is 0 Å². The molecule has 0 saturated heterocycles. The minimum Gasteiger partial charge on any atom is -0.465 e. The zero-order valence-electron chi connectivity index (χ0n) is 10.9. The Morgan fingerprint density at radius 1 is 1.58 bits per heavy atom. The lowest BCUT2D eigenvalue weighted by Gasteiger charge is -2.26. The Morgan fingerprint density at radius 3 is 3.11 bits per heavy atom. The summed E-state index contributed by atoms with van der Waals surface area (Å²) in [5, 5.41) is 3.48. The van der Waals surface area contributed by atoms with Crippen molar-refractivity contribution >= 4 is 11.6 Å². The lowest BCUT2D eigenvalue weighted by molar-refractivity contribution is 0.0600. The molecule has 1 saturated carbocycles. The van der Waals surface area contributed by atoms with E-state index in [2.05, 4.69) is 10.3 Å². The molecule has 3 rings (SSSR count). The van der Waals surface area contributed by atoms with Gasteiger partial charge in [0, 0.05) is 25.0 Å². The standard InChI is InChI=1S/C14H17N3O2/c1-19-14(18)10-5-6-17-9-12(16-13(17)7-10)8-15-11-3-2-4-11/h5-7,9,11,15H,2-4,8H2,1H3. The van der Waals surface area contributed by atoms with Gasteiger partial charge in [0.15, 0.2) is 0 Å². The number of fused-ring (bicyclic) bond motifs is 1. The van der Waals surface area contributed by atoms with Gasteiger partial charge in [-0.25, -0.2) is 9.78 Å². The van der Waals surface area contributed by atoms with Crippen molar-refractivity contribution in [2.45, 2.75) is 31.8 Å². The number of ether oxygens (including phenoxy) is 1. The molecule has 1 N–H and O–H groups in total. The minimum atomic E-state index is -0.334. The van der Waals surface area contributed by atoms with Gasteiger partial charge in [0.1, 0.15) is 5.65 Å². The van der Waals surface area contributed by atoms with Crippen molar-refractivity contribution in [1.29, 1.82) is 0 Å². The van der Waals surface area contributed by atoms with Gasteiger partial charge in [0.25, 0.3) is 0 Å². The predicted octanol–water partition coefficient (Wildman–Crippen LogP) is 1.76. The maximum Gasteiger partial charge on any atom is 0.338 e. The van der Waals surface area contributed by atoms with E-state index in [0.717, 1.165) is 17.9 Å². The highest BCUT2D eigenvalue weighted by Gasteiger charge is 2.16. The third-order valence-electron chi connectivity index (χ3n) is 3.61. The van der Waals surface area contributed by atoms with Gasteiger partial charge < -0.3 is 14.5 Å². The maximum atomic E-state index is 11.5. The molecular formula is C14H17N3O2. The van der Waals surface area contributed by atoms with Crippen LogP contribution in [0.25, 0.3) is 5.65 Å². The number of hydrogen-bond donors (Lipinski definition) is 1. The van der Waals surface area contributed by atoms with E-state index in [-0.39, 0.29) is 5.97 Å². The normalized spacial score (nSPS) is 15.4. The molecule has 19 heavy (non-hydrogen) atoms. The first kappa shape index (κ1) is 12.2.